The minimum Gasteiger partial charge on any atom is -0.497 e. The van der Waals surface area contributed by atoms with Gasteiger partial charge in [-0.15, -0.1) is 0 Å². The number of benzene rings is 2. The number of alkyl halides is 2. The Morgan fingerprint density at radius 3 is 2.39 bits per heavy atom. The molecule has 0 saturated carbocycles. The molecule has 0 bridgehead atoms. The lowest BCUT2D eigenvalue weighted by Gasteiger charge is -2.08. The summed E-state index contributed by atoms with van der Waals surface area (Å²) in [5, 5.41) is 8.37. The Balaban J connectivity index is 1.78. The number of methoxy groups -OCH3 is 1. The number of ketones is 1. The minimum absolute atomic E-state index is 0.0449. The molecule has 1 heterocycles. The number of carbonyl (C=O) groups is 2. The summed E-state index contributed by atoms with van der Waals surface area (Å²) in [5.41, 5.74) is 0.827. The molecule has 2 N–H and O–H groups in total. The molecule has 0 saturated heterocycles. The Hall–Kier alpha value is -3.55. The second-order valence-electron chi connectivity index (χ2n) is 6.00. The number of ether oxygens (including phenoxy) is 1. The van der Waals surface area contributed by atoms with Crippen molar-refractivity contribution in [3.05, 3.63) is 76.6 Å². The lowest BCUT2D eigenvalue weighted by atomic mass is 10.0. The summed E-state index contributed by atoms with van der Waals surface area (Å²) < 4.78 is 31.1. The highest BCUT2D eigenvalue weighted by molar-refractivity contribution is 6.10. The molecule has 0 fully saturated rings. The molecule has 3 rings (SSSR count). The van der Waals surface area contributed by atoms with Crippen LogP contribution in [0.2, 0.25) is 0 Å². The van der Waals surface area contributed by atoms with E-state index in [0.717, 1.165) is 0 Å². The molecule has 8 heteroatoms. The van der Waals surface area contributed by atoms with Gasteiger partial charge in [0.2, 0.25) is 0 Å². The predicted molar refractivity (Wildman–Crippen MR) is 99.1 cm³/mol. The Labute approximate surface area is 159 Å². The fraction of sp³-hybridized carbons (Fsp3) is 0.150. The van der Waals surface area contributed by atoms with Gasteiger partial charge < -0.3 is 10.1 Å². The first kappa shape index (κ1) is 19.2. The third-order valence-electron chi connectivity index (χ3n) is 4.16. The highest BCUT2D eigenvalue weighted by atomic mass is 19.3. The van der Waals surface area contributed by atoms with Gasteiger partial charge in [-0.05, 0) is 31.2 Å². The molecular formula is C20H17F2N3O3. The van der Waals surface area contributed by atoms with Crippen molar-refractivity contribution in [1.29, 1.82) is 0 Å². The van der Waals surface area contributed by atoms with Gasteiger partial charge in [0.25, 0.3) is 12.3 Å². The molecule has 0 atom stereocenters. The van der Waals surface area contributed by atoms with Gasteiger partial charge in [-0.1, -0.05) is 24.3 Å². The number of carbonyl (C=O) groups excluding carboxylic acids is 2. The van der Waals surface area contributed by atoms with Crippen LogP contribution in [0.5, 0.6) is 5.75 Å². The zero-order valence-electron chi connectivity index (χ0n) is 15.1. The number of nitrogens with zero attached hydrogens (tertiary/aromatic N) is 1. The van der Waals surface area contributed by atoms with Gasteiger partial charge in [0, 0.05) is 16.7 Å². The van der Waals surface area contributed by atoms with Gasteiger partial charge in [-0.3, -0.25) is 14.7 Å². The highest BCUT2D eigenvalue weighted by Gasteiger charge is 2.21. The molecule has 0 spiro atoms. The minimum atomic E-state index is -2.82. The standard InChI is InChI=1S/C20H17F2N3O3/c1-11-16(17(19(21)22)25-24-11)23-20(27)13-8-6-12(7-9-13)18(26)14-4-3-5-15(10-14)28-2/h3-10,19H,1-2H3,(H,23,27)(H,24,25). The molecule has 2 aromatic carbocycles. The van der Waals surface area contributed by atoms with E-state index in [2.05, 4.69) is 15.5 Å². The van der Waals surface area contributed by atoms with Crippen molar-refractivity contribution >= 4 is 17.4 Å². The number of anilines is 1. The zero-order chi connectivity index (χ0) is 20.3. The Kier molecular flexibility index (Phi) is 5.49. The molecule has 28 heavy (non-hydrogen) atoms. The van der Waals surface area contributed by atoms with Crippen LogP contribution < -0.4 is 10.1 Å². The average molecular weight is 385 g/mol. The van der Waals surface area contributed by atoms with Crippen molar-refractivity contribution in [2.45, 2.75) is 13.3 Å². The monoisotopic (exact) mass is 385 g/mol. The maximum absolute atomic E-state index is 13.0. The Bertz CT molecular complexity index is 1010. The van der Waals surface area contributed by atoms with Crippen molar-refractivity contribution in [2.24, 2.45) is 0 Å². The van der Waals surface area contributed by atoms with E-state index in [1.807, 2.05) is 0 Å². The van der Waals surface area contributed by atoms with Crippen molar-refractivity contribution in [2.75, 3.05) is 12.4 Å². The zero-order valence-corrected chi connectivity index (χ0v) is 15.1. The van der Waals surface area contributed by atoms with Gasteiger partial charge in [-0.25, -0.2) is 8.78 Å². The van der Waals surface area contributed by atoms with Crippen molar-refractivity contribution < 1.29 is 23.1 Å². The lowest BCUT2D eigenvalue weighted by molar-refractivity contribution is 0.101. The smallest absolute Gasteiger partial charge is 0.284 e. The van der Waals surface area contributed by atoms with Crippen LogP contribution in [0, 0.1) is 6.92 Å². The summed E-state index contributed by atoms with van der Waals surface area (Å²) in [6, 6.07) is 12.7. The first-order valence-corrected chi connectivity index (χ1v) is 8.34. The third kappa shape index (κ3) is 3.90. The van der Waals surface area contributed by atoms with E-state index < -0.39 is 18.0 Å². The summed E-state index contributed by atoms with van der Waals surface area (Å²) >= 11 is 0. The van der Waals surface area contributed by atoms with Crippen LogP contribution in [0.3, 0.4) is 0 Å². The average Bonchev–Trinajstić information content (AvgIpc) is 3.08. The van der Waals surface area contributed by atoms with Crippen molar-refractivity contribution in [3.8, 4) is 5.75 Å². The maximum Gasteiger partial charge on any atom is 0.284 e. The predicted octanol–water partition coefficient (Wildman–Crippen LogP) is 4.15. The summed E-state index contributed by atoms with van der Waals surface area (Å²) in [5.74, 6) is -0.240. The normalized spacial score (nSPS) is 10.8. The number of nitrogens with one attached hydrogen (secondary N) is 2. The van der Waals surface area contributed by atoms with Gasteiger partial charge in [0.15, 0.2) is 11.5 Å². The van der Waals surface area contributed by atoms with E-state index in [4.69, 9.17) is 4.74 Å². The Morgan fingerprint density at radius 2 is 1.75 bits per heavy atom. The second-order valence-corrected chi connectivity index (χ2v) is 6.00. The summed E-state index contributed by atoms with van der Waals surface area (Å²) in [6.45, 7) is 1.53. The lowest BCUT2D eigenvalue weighted by Crippen LogP contribution is -2.14. The van der Waals surface area contributed by atoms with E-state index in [1.54, 1.807) is 24.3 Å². The molecule has 0 radical (unpaired) electrons. The number of hydrogen-bond donors (Lipinski definition) is 2. The fourth-order valence-electron chi connectivity index (χ4n) is 2.65. The summed E-state index contributed by atoms with van der Waals surface area (Å²) in [7, 11) is 1.51. The van der Waals surface area contributed by atoms with Crippen LogP contribution in [0.4, 0.5) is 14.5 Å². The molecule has 0 aliphatic heterocycles. The number of aromatic nitrogens is 2. The third-order valence-corrected chi connectivity index (χ3v) is 4.16. The molecule has 144 valence electrons. The molecule has 3 aromatic rings. The second kappa shape index (κ2) is 7.99. The van der Waals surface area contributed by atoms with Gasteiger partial charge in [0.1, 0.15) is 5.75 Å². The molecule has 0 aliphatic rings. The summed E-state index contributed by atoms with van der Waals surface area (Å²) in [4.78, 5) is 24.9. The number of amides is 1. The van der Waals surface area contributed by atoms with Crippen LogP contribution in [0.1, 0.15) is 44.1 Å². The van der Waals surface area contributed by atoms with E-state index in [9.17, 15) is 18.4 Å². The van der Waals surface area contributed by atoms with Crippen LogP contribution >= 0.6 is 0 Å². The van der Waals surface area contributed by atoms with Crippen LogP contribution in [0.15, 0.2) is 48.5 Å². The first-order valence-electron chi connectivity index (χ1n) is 8.34. The number of rotatable bonds is 6. The molecule has 0 unspecified atom stereocenters. The van der Waals surface area contributed by atoms with Gasteiger partial charge in [-0.2, -0.15) is 5.10 Å². The number of H-pyrrole nitrogens is 1. The summed E-state index contributed by atoms with van der Waals surface area (Å²) in [6.07, 6.45) is -2.82. The van der Waals surface area contributed by atoms with E-state index in [0.29, 0.717) is 22.6 Å². The highest BCUT2D eigenvalue weighted by Crippen LogP contribution is 2.27. The molecule has 1 amide bonds. The topological polar surface area (TPSA) is 84.1 Å². The molecule has 0 aliphatic carbocycles. The number of aromatic amines is 1. The number of halogens is 2. The van der Waals surface area contributed by atoms with Gasteiger partial charge in [0.05, 0.1) is 18.5 Å². The maximum atomic E-state index is 13.0. The number of hydrogen-bond acceptors (Lipinski definition) is 4. The van der Waals surface area contributed by atoms with Crippen molar-refractivity contribution in [3.63, 3.8) is 0 Å². The Morgan fingerprint density at radius 1 is 1.07 bits per heavy atom. The van der Waals surface area contributed by atoms with Crippen molar-refractivity contribution in [1.82, 2.24) is 10.2 Å². The first-order chi connectivity index (χ1) is 13.4. The van der Waals surface area contributed by atoms with Crippen LogP contribution in [0.25, 0.3) is 0 Å². The van der Waals surface area contributed by atoms with E-state index >= 15 is 0 Å². The van der Waals surface area contributed by atoms with E-state index in [-0.39, 0.29) is 17.0 Å². The van der Waals surface area contributed by atoms with Gasteiger partial charge >= 0.3 is 0 Å². The SMILES string of the molecule is COc1cccc(C(=O)c2ccc(C(=O)Nc3c(C(F)F)n[nH]c3C)cc2)c1. The fourth-order valence-corrected chi connectivity index (χ4v) is 2.65. The van der Waals surface area contributed by atoms with Crippen LogP contribution in [-0.2, 0) is 0 Å². The van der Waals surface area contributed by atoms with E-state index in [1.165, 1.54) is 38.3 Å². The molecule has 1 aromatic heterocycles. The quantitative estimate of drug-likeness (QED) is 0.625. The molecule has 6 nitrogen and oxygen atoms in total. The largest absolute Gasteiger partial charge is 0.497 e. The van der Waals surface area contributed by atoms with Crippen LogP contribution in [-0.4, -0.2) is 29.0 Å². The molecular weight excluding hydrogens is 368 g/mol. The number of aryl methyl sites for hydroxylation is 1.